The number of benzene rings is 2. The monoisotopic (exact) mass is 444 g/mol. The third-order valence-electron chi connectivity index (χ3n) is 4.22. The smallest absolute Gasteiger partial charge is 0.416 e. The van der Waals surface area contributed by atoms with Gasteiger partial charge in [-0.15, -0.1) is 0 Å². The van der Waals surface area contributed by atoms with Crippen LogP contribution < -0.4 is 14.4 Å². The maximum Gasteiger partial charge on any atom is 0.416 e. The molecule has 0 unspecified atom stereocenters. The first-order valence-electron chi connectivity index (χ1n) is 9.09. The lowest BCUT2D eigenvalue weighted by Crippen LogP contribution is -2.41. The van der Waals surface area contributed by atoms with Crippen molar-refractivity contribution >= 4 is 21.6 Å². The first-order chi connectivity index (χ1) is 13.9. The maximum atomic E-state index is 13.0. The second kappa shape index (κ2) is 9.38. The van der Waals surface area contributed by atoms with Gasteiger partial charge in [0.1, 0.15) is 12.3 Å². The van der Waals surface area contributed by atoms with Crippen LogP contribution in [-0.4, -0.2) is 33.7 Å². The summed E-state index contributed by atoms with van der Waals surface area (Å²) in [6.45, 7) is 3.43. The summed E-state index contributed by atoms with van der Waals surface area (Å²) < 4.78 is 69.2. The van der Waals surface area contributed by atoms with Gasteiger partial charge in [-0.1, -0.05) is 18.2 Å². The van der Waals surface area contributed by atoms with Crippen LogP contribution in [0.25, 0.3) is 0 Å². The fourth-order valence-electron chi connectivity index (χ4n) is 2.76. The Labute approximate surface area is 173 Å². The van der Waals surface area contributed by atoms with E-state index in [0.29, 0.717) is 22.7 Å². The molecule has 30 heavy (non-hydrogen) atoms. The van der Waals surface area contributed by atoms with Crippen molar-refractivity contribution in [2.24, 2.45) is 0 Å². The lowest BCUT2D eigenvalue weighted by atomic mass is 10.1. The second-order valence-corrected chi connectivity index (χ2v) is 8.52. The fourth-order valence-corrected chi connectivity index (χ4v) is 3.61. The molecule has 1 amide bonds. The average molecular weight is 444 g/mol. The Hall–Kier alpha value is -2.75. The normalized spacial score (nSPS) is 12.9. The van der Waals surface area contributed by atoms with E-state index in [9.17, 15) is 26.4 Å². The second-order valence-electron chi connectivity index (χ2n) is 6.61. The van der Waals surface area contributed by atoms with Crippen LogP contribution in [-0.2, 0) is 21.0 Å². The zero-order valence-electron chi connectivity index (χ0n) is 16.7. The minimum atomic E-state index is -4.64. The molecule has 164 valence electrons. The SMILES string of the molecule is CCOc1ccc([C@H](C)NC(=O)CN(c2cccc(C(F)(F)F)c2)S(C)(=O)=O)cc1. The molecule has 2 aromatic carbocycles. The number of sulfonamides is 1. The minimum Gasteiger partial charge on any atom is -0.494 e. The number of carbonyl (C=O) groups is 1. The average Bonchev–Trinajstić information content (AvgIpc) is 2.65. The van der Waals surface area contributed by atoms with Crippen molar-refractivity contribution in [3.05, 3.63) is 59.7 Å². The lowest BCUT2D eigenvalue weighted by Gasteiger charge is -2.24. The van der Waals surface area contributed by atoms with E-state index < -0.39 is 40.3 Å². The van der Waals surface area contributed by atoms with Gasteiger partial charge >= 0.3 is 6.18 Å². The van der Waals surface area contributed by atoms with Gasteiger partial charge in [-0.3, -0.25) is 9.10 Å². The molecular weight excluding hydrogens is 421 g/mol. The number of nitrogens with one attached hydrogen (secondary N) is 1. The molecule has 1 N–H and O–H groups in total. The molecule has 0 saturated carbocycles. The van der Waals surface area contributed by atoms with E-state index in [1.807, 2.05) is 6.92 Å². The van der Waals surface area contributed by atoms with E-state index in [1.54, 1.807) is 31.2 Å². The van der Waals surface area contributed by atoms with E-state index >= 15 is 0 Å². The van der Waals surface area contributed by atoms with Crippen LogP contribution in [0, 0.1) is 0 Å². The van der Waals surface area contributed by atoms with Crippen molar-refractivity contribution in [2.75, 3.05) is 23.7 Å². The molecule has 2 rings (SSSR count). The molecule has 0 heterocycles. The fraction of sp³-hybridized carbons (Fsp3) is 0.350. The molecule has 0 aliphatic carbocycles. The van der Waals surface area contributed by atoms with Crippen molar-refractivity contribution in [2.45, 2.75) is 26.1 Å². The standard InChI is InChI=1S/C20H23F3N2O4S/c1-4-29-18-10-8-15(9-11-18)14(2)24-19(26)13-25(30(3,27)28)17-7-5-6-16(12-17)20(21,22)23/h5-12,14H,4,13H2,1-3H3,(H,24,26)/t14-/m0/s1. The summed E-state index contributed by atoms with van der Waals surface area (Å²) >= 11 is 0. The van der Waals surface area contributed by atoms with Gasteiger partial charge in [-0.05, 0) is 49.7 Å². The minimum absolute atomic E-state index is 0.240. The van der Waals surface area contributed by atoms with Gasteiger partial charge in [-0.2, -0.15) is 13.2 Å². The largest absolute Gasteiger partial charge is 0.494 e. The summed E-state index contributed by atoms with van der Waals surface area (Å²) in [7, 11) is -4.00. The summed E-state index contributed by atoms with van der Waals surface area (Å²) in [5, 5.41) is 2.66. The highest BCUT2D eigenvalue weighted by molar-refractivity contribution is 7.92. The van der Waals surface area contributed by atoms with Crippen LogP contribution in [0.5, 0.6) is 5.75 Å². The highest BCUT2D eigenvalue weighted by atomic mass is 32.2. The highest BCUT2D eigenvalue weighted by Crippen LogP contribution is 2.32. The number of rotatable bonds is 8. The molecule has 10 heteroatoms. The third-order valence-corrected chi connectivity index (χ3v) is 5.36. The summed E-state index contributed by atoms with van der Waals surface area (Å²) in [6.07, 6.45) is -3.81. The van der Waals surface area contributed by atoms with Gasteiger partial charge in [0.05, 0.1) is 30.2 Å². The molecule has 0 radical (unpaired) electrons. The van der Waals surface area contributed by atoms with Crippen LogP contribution in [0.4, 0.5) is 18.9 Å². The van der Waals surface area contributed by atoms with Gasteiger partial charge in [-0.25, -0.2) is 8.42 Å². The van der Waals surface area contributed by atoms with Crippen molar-refractivity contribution < 1.29 is 31.1 Å². The van der Waals surface area contributed by atoms with Crippen LogP contribution >= 0.6 is 0 Å². The van der Waals surface area contributed by atoms with E-state index in [-0.39, 0.29) is 5.69 Å². The van der Waals surface area contributed by atoms with Gasteiger partial charge in [0.15, 0.2) is 0 Å². The molecule has 0 fully saturated rings. The van der Waals surface area contributed by atoms with Gasteiger partial charge < -0.3 is 10.1 Å². The number of ether oxygens (including phenoxy) is 1. The third kappa shape index (κ3) is 6.38. The molecule has 0 aliphatic heterocycles. The predicted octanol–water partition coefficient (Wildman–Crippen LogP) is 3.75. The number of anilines is 1. The summed E-state index contributed by atoms with van der Waals surface area (Å²) in [5.74, 6) is 0.0202. The summed E-state index contributed by atoms with van der Waals surface area (Å²) in [5.41, 5.74) is -0.482. The van der Waals surface area contributed by atoms with E-state index in [4.69, 9.17) is 4.74 Å². The highest BCUT2D eigenvalue weighted by Gasteiger charge is 2.32. The van der Waals surface area contributed by atoms with Crippen molar-refractivity contribution in [1.82, 2.24) is 5.32 Å². The number of halogens is 3. The molecule has 6 nitrogen and oxygen atoms in total. The molecule has 2 aromatic rings. The topological polar surface area (TPSA) is 75.7 Å². The molecule has 0 spiro atoms. The van der Waals surface area contributed by atoms with E-state index in [1.165, 1.54) is 6.07 Å². The van der Waals surface area contributed by atoms with Gasteiger partial charge in [0.25, 0.3) is 0 Å². The van der Waals surface area contributed by atoms with E-state index in [2.05, 4.69) is 5.32 Å². The van der Waals surface area contributed by atoms with Gasteiger partial charge in [0, 0.05) is 0 Å². The van der Waals surface area contributed by atoms with Crippen LogP contribution in [0.3, 0.4) is 0 Å². The van der Waals surface area contributed by atoms with E-state index in [0.717, 1.165) is 24.0 Å². The van der Waals surface area contributed by atoms with Crippen molar-refractivity contribution in [1.29, 1.82) is 0 Å². The number of nitrogens with zero attached hydrogens (tertiary/aromatic N) is 1. The number of amides is 1. The Balaban J connectivity index is 2.16. The summed E-state index contributed by atoms with van der Waals surface area (Å²) in [6, 6.07) is 10.4. The molecule has 0 saturated heterocycles. The van der Waals surface area contributed by atoms with Crippen molar-refractivity contribution in [3.63, 3.8) is 0 Å². The molecule has 0 aromatic heterocycles. The zero-order valence-corrected chi connectivity index (χ0v) is 17.5. The summed E-state index contributed by atoms with van der Waals surface area (Å²) in [4.78, 5) is 12.4. The van der Waals surface area contributed by atoms with Crippen LogP contribution in [0.1, 0.15) is 31.0 Å². The maximum absolute atomic E-state index is 13.0. The predicted molar refractivity (Wildman–Crippen MR) is 108 cm³/mol. The number of hydrogen-bond donors (Lipinski definition) is 1. The molecule has 0 aliphatic rings. The molecule has 1 atom stereocenters. The Bertz CT molecular complexity index is 976. The lowest BCUT2D eigenvalue weighted by molar-refractivity contribution is -0.137. The zero-order chi connectivity index (χ0) is 22.5. The Morgan fingerprint density at radius 3 is 2.33 bits per heavy atom. The number of hydrogen-bond acceptors (Lipinski definition) is 4. The number of carbonyl (C=O) groups excluding carboxylic acids is 1. The van der Waals surface area contributed by atoms with Crippen LogP contribution in [0.2, 0.25) is 0 Å². The van der Waals surface area contributed by atoms with Crippen LogP contribution in [0.15, 0.2) is 48.5 Å². The molecular formula is C20H23F3N2O4S. The Morgan fingerprint density at radius 1 is 1.17 bits per heavy atom. The first kappa shape index (κ1) is 23.5. The van der Waals surface area contributed by atoms with Gasteiger partial charge in [0.2, 0.25) is 15.9 Å². The van der Waals surface area contributed by atoms with Crippen molar-refractivity contribution in [3.8, 4) is 5.75 Å². The number of alkyl halides is 3. The Kier molecular flexibility index (Phi) is 7.35. The molecule has 0 bridgehead atoms. The first-order valence-corrected chi connectivity index (χ1v) is 10.9. The quantitative estimate of drug-likeness (QED) is 0.673. The Morgan fingerprint density at radius 2 is 1.80 bits per heavy atom.